The van der Waals surface area contributed by atoms with Gasteiger partial charge >= 0.3 is 0 Å². The summed E-state index contributed by atoms with van der Waals surface area (Å²) >= 11 is 3.14. The first-order valence-corrected chi connectivity index (χ1v) is 7.31. The van der Waals surface area contributed by atoms with Gasteiger partial charge in [0, 0.05) is 17.1 Å². The van der Waals surface area contributed by atoms with E-state index in [-0.39, 0.29) is 17.8 Å². The summed E-state index contributed by atoms with van der Waals surface area (Å²) < 4.78 is 33.1. The summed E-state index contributed by atoms with van der Waals surface area (Å²) in [7, 11) is 0. The van der Waals surface area contributed by atoms with Crippen molar-refractivity contribution in [3.05, 3.63) is 28.2 Å². The third-order valence-corrected chi connectivity index (χ3v) is 3.62. The molecule has 1 atom stereocenters. The highest BCUT2D eigenvalue weighted by Crippen LogP contribution is 2.27. The zero-order valence-electron chi connectivity index (χ0n) is 11.1. The zero-order valence-corrected chi connectivity index (χ0v) is 12.6. The average molecular weight is 334 g/mol. The van der Waals surface area contributed by atoms with Crippen LogP contribution in [0.2, 0.25) is 0 Å². The molecule has 1 saturated carbocycles. The fourth-order valence-corrected chi connectivity index (χ4v) is 2.17. The molecule has 1 fully saturated rings. The topological polar surface area (TPSA) is 21.3 Å². The van der Waals surface area contributed by atoms with E-state index in [9.17, 15) is 8.78 Å². The van der Waals surface area contributed by atoms with Crippen molar-refractivity contribution in [3.63, 3.8) is 0 Å². The van der Waals surface area contributed by atoms with Crippen LogP contribution in [0.4, 0.5) is 8.78 Å². The van der Waals surface area contributed by atoms with Gasteiger partial charge in [0.15, 0.2) is 11.6 Å². The molecule has 0 saturated heterocycles. The highest BCUT2D eigenvalue weighted by atomic mass is 79.9. The Kier molecular flexibility index (Phi) is 4.79. The molecule has 0 radical (unpaired) electrons. The van der Waals surface area contributed by atoms with Gasteiger partial charge in [0.2, 0.25) is 5.82 Å². The molecule has 1 unspecified atom stereocenters. The van der Waals surface area contributed by atoms with E-state index in [4.69, 9.17) is 4.74 Å². The third-order valence-electron chi connectivity index (χ3n) is 3.17. The average Bonchev–Trinajstić information content (AvgIpc) is 3.13. The van der Waals surface area contributed by atoms with Crippen molar-refractivity contribution in [3.8, 4) is 5.75 Å². The van der Waals surface area contributed by atoms with Gasteiger partial charge in [-0.25, -0.2) is 4.39 Å². The molecule has 1 aliphatic rings. The van der Waals surface area contributed by atoms with E-state index in [2.05, 4.69) is 21.2 Å². The van der Waals surface area contributed by atoms with Crippen molar-refractivity contribution < 1.29 is 13.5 Å². The summed E-state index contributed by atoms with van der Waals surface area (Å²) in [6, 6.07) is 3.12. The lowest BCUT2D eigenvalue weighted by Gasteiger charge is -2.23. The predicted molar refractivity (Wildman–Crippen MR) is 74.3 cm³/mol. The minimum absolute atomic E-state index is 0.0387. The molecule has 1 aromatic carbocycles. The van der Waals surface area contributed by atoms with Gasteiger partial charge < -0.3 is 10.1 Å². The molecule has 106 valence electrons. The smallest absolute Gasteiger partial charge is 0.200 e. The van der Waals surface area contributed by atoms with E-state index in [0.717, 1.165) is 6.07 Å². The van der Waals surface area contributed by atoms with Gasteiger partial charge in [-0.3, -0.25) is 0 Å². The van der Waals surface area contributed by atoms with Crippen LogP contribution in [0.15, 0.2) is 16.6 Å². The minimum Gasteiger partial charge on any atom is -0.486 e. The highest BCUT2D eigenvalue weighted by Gasteiger charge is 2.25. The largest absolute Gasteiger partial charge is 0.486 e. The van der Waals surface area contributed by atoms with Gasteiger partial charge in [-0.05, 0) is 30.9 Å². The molecule has 0 heterocycles. The molecule has 0 amide bonds. The number of benzene rings is 1. The maximum Gasteiger partial charge on any atom is 0.200 e. The highest BCUT2D eigenvalue weighted by molar-refractivity contribution is 9.10. The molecule has 0 spiro atoms. The summed E-state index contributed by atoms with van der Waals surface area (Å²) in [6.45, 7) is 4.66. The van der Waals surface area contributed by atoms with Crippen LogP contribution in [-0.4, -0.2) is 18.7 Å². The van der Waals surface area contributed by atoms with Crippen molar-refractivity contribution in [1.29, 1.82) is 0 Å². The molecule has 0 aromatic heterocycles. The quantitative estimate of drug-likeness (QED) is 0.797. The van der Waals surface area contributed by atoms with E-state index >= 15 is 0 Å². The van der Waals surface area contributed by atoms with Crippen LogP contribution in [0.1, 0.15) is 26.7 Å². The Morgan fingerprint density at radius 3 is 2.63 bits per heavy atom. The van der Waals surface area contributed by atoms with E-state index in [1.54, 1.807) is 0 Å². The molecule has 2 rings (SSSR count). The van der Waals surface area contributed by atoms with Gasteiger partial charge in [0.1, 0.15) is 6.10 Å². The second-order valence-electron chi connectivity index (χ2n) is 5.28. The second kappa shape index (κ2) is 6.18. The van der Waals surface area contributed by atoms with E-state index in [1.165, 1.54) is 18.9 Å². The van der Waals surface area contributed by atoms with E-state index < -0.39 is 11.6 Å². The number of ether oxygens (including phenoxy) is 1. The summed E-state index contributed by atoms with van der Waals surface area (Å²) in [5.41, 5.74) is 0. The normalized spacial score (nSPS) is 16.7. The lowest BCUT2D eigenvalue weighted by Crippen LogP contribution is -2.36. The second-order valence-corrected chi connectivity index (χ2v) is 6.20. The number of halogens is 3. The standard InChI is InChI=1S/C14H18BrF2NO/c1-8(2)13(7-18-10-3-4-10)19-12-6-9(15)5-11(16)14(12)17/h5-6,8,10,13,18H,3-4,7H2,1-2H3. The summed E-state index contributed by atoms with van der Waals surface area (Å²) in [5.74, 6) is -1.65. The van der Waals surface area contributed by atoms with Gasteiger partial charge in [-0.1, -0.05) is 29.8 Å². The summed E-state index contributed by atoms with van der Waals surface area (Å²) in [5, 5.41) is 3.35. The molecule has 19 heavy (non-hydrogen) atoms. The number of hydrogen-bond donors (Lipinski definition) is 1. The minimum atomic E-state index is -0.930. The van der Waals surface area contributed by atoms with Crippen LogP contribution in [0.3, 0.4) is 0 Å². The van der Waals surface area contributed by atoms with Crippen molar-refractivity contribution in [2.24, 2.45) is 5.92 Å². The molecular weight excluding hydrogens is 316 g/mol. The lowest BCUT2D eigenvalue weighted by molar-refractivity contribution is 0.141. The predicted octanol–water partition coefficient (Wildman–Crippen LogP) is 3.88. The Morgan fingerprint density at radius 2 is 2.05 bits per heavy atom. The fourth-order valence-electron chi connectivity index (χ4n) is 1.76. The van der Waals surface area contributed by atoms with Crippen LogP contribution >= 0.6 is 15.9 Å². The van der Waals surface area contributed by atoms with Crippen molar-refractivity contribution >= 4 is 15.9 Å². The van der Waals surface area contributed by atoms with Gasteiger partial charge in [0.25, 0.3) is 0 Å². The first-order chi connectivity index (χ1) is 8.97. The maximum atomic E-state index is 13.7. The molecule has 1 N–H and O–H groups in total. The fraction of sp³-hybridized carbons (Fsp3) is 0.571. The summed E-state index contributed by atoms with van der Waals surface area (Å²) in [4.78, 5) is 0. The van der Waals surface area contributed by atoms with Crippen molar-refractivity contribution in [1.82, 2.24) is 5.32 Å². The first kappa shape index (κ1) is 14.7. The third kappa shape index (κ3) is 4.14. The molecule has 2 nitrogen and oxygen atoms in total. The Morgan fingerprint density at radius 1 is 1.37 bits per heavy atom. The van der Waals surface area contributed by atoms with Crippen molar-refractivity contribution in [2.75, 3.05) is 6.54 Å². The molecule has 1 aromatic rings. The van der Waals surface area contributed by atoms with Gasteiger partial charge in [-0.15, -0.1) is 0 Å². The number of rotatable bonds is 6. The number of nitrogens with one attached hydrogen (secondary N) is 1. The van der Waals surface area contributed by atoms with Crippen LogP contribution < -0.4 is 10.1 Å². The van der Waals surface area contributed by atoms with Crippen LogP contribution in [0.25, 0.3) is 0 Å². The molecular formula is C14H18BrF2NO. The van der Waals surface area contributed by atoms with Gasteiger partial charge in [0.05, 0.1) is 0 Å². The SMILES string of the molecule is CC(C)C(CNC1CC1)Oc1cc(Br)cc(F)c1F. The first-order valence-electron chi connectivity index (χ1n) is 6.52. The lowest BCUT2D eigenvalue weighted by atomic mass is 10.1. The molecule has 1 aliphatic carbocycles. The summed E-state index contributed by atoms with van der Waals surface area (Å²) in [6.07, 6.45) is 2.19. The Bertz CT molecular complexity index is 449. The Balaban J connectivity index is 2.06. The molecule has 0 bridgehead atoms. The monoisotopic (exact) mass is 333 g/mol. The van der Waals surface area contributed by atoms with Crippen LogP contribution in [-0.2, 0) is 0 Å². The van der Waals surface area contributed by atoms with E-state index in [0.29, 0.717) is 17.1 Å². The number of hydrogen-bond acceptors (Lipinski definition) is 2. The van der Waals surface area contributed by atoms with Gasteiger partial charge in [-0.2, -0.15) is 4.39 Å². The Hall–Kier alpha value is -0.680. The van der Waals surface area contributed by atoms with Crippen molar-refractivity contribution in [2.45, 2.75) is 38.8 Å². The van der Waals surface area contributed by atoms with Crippen LogP contribution in [0, 0.1) is 17.6 Å². The maximum absolute atomic E-state index is 13.7. The molecule has 5 heteroatoms. The van der Waals surface area contributed by atoms with E-state index in [1.807, 2.05) is 13.8 Å². The zero-order chi connectivity index (χ0) is 14.0. The molecule has 0 aliphatic heterocycles. The van der Waals surface area contributed by atoms with Crippen LogP contribution in [0.5, 0.6) is 5.75 Å². The Labute approximate surface area is 120 Å².